The Hall–Kier alpha value is -3.47. The Labute approximate surface area is 269 Å². The maximum Gasteiger partial charge on any atom is 0.255 e. The molecule has 4 aromatic rings. The van der Waals surface area contributed by atoms with E-state index in [1.165, 1.54) is 0 Å². The number of amides is 1. The zero-order chi connectivity index (χ0) is 30.3. The van der Waals surface area contributed by atoms with Crippen molar-refractivity contribution in [2.24, 2.45) is 0 Å². The van der Waals surface area contributed by atoms with Crippen LogP contribution in [0.1, 0.15) is 50.8 Å². The van der Waals surface area contributed by atoms with Gasteiger partial charge in [0.05, 0.1) is 17.9 Å². The number of halogens is 2. The molecule has 1 aliphatic heterocycles. The highest BCUT2D eigenvalue weighted by Crippen LogP contribution is 2.42. The first-order chi connectivity index (χ1) is 20.9. The van der Waals surface area contributed by atoms with E-state index in [1.54, 1.807) is 16.4 Å². The normalized spacial score (nSPS) is 14.2. The Kier molecular flexibility index (Phi) is 10.3. The molecule has 0 bridgehead atoms. The number of nitrogens with zero attached hydrogens (tertiary/aromatic N) is 3. The molecule has 3 aromatic carbocycles. The molecule has 5 rings (SSSR count). The number of fused-ring (bicyclic) bond motifs is 1. The largest absolute Gasteiger partial charge is 0.492 e. The van der Waals surface area contributed by atoms with Gasteiger partial charge < -0.3 is 20.1 Å². The summed E-state index contributed by atoms with van der Waals surface area (Å²) in [6.45, 7) is 6.67. The van der Waals surface area contributed by atoms with Crippen molar-refractivity contribution in [3.05, 3.63) is 98.6 Å². The summed E-state index contributed by atoms with van der Waals surface area (Å²) >= 11 is 11.7. The van der Waals surface area contributed by atoms with Crippen LogP contribution >= 0.6 is 39.3 Å². The van der Waals surface area contributed by atoms with Crippen LogP contribution in [0, 0.1) is 0 Å². The maximum absolute atomic E-state index is 14.2. The first kappa shape index (κ1) is 31.0. The molecule has 1 aliphatic rings. The molecule has 0 aliphatic carbocycles. The van der Waals surface area contributed by atoms with E-state index in [4.69, 9.17) is 31.2 Å². The van der Waals surface area contributed by atoms with Gasteiger partial charge in [0.1, 0.15) is 24.1 Å². The maximum atomic E-state index is 14.2. The Bertz CT molecular complexity index is 1640. The minimum Gasteiger partial charge on any atom is -0.492 e. The summed E-state index contributed by atoms with van der Waals surface area (Å²) in [6.07, 6.45) is 2.14. The van der Waals surface area contributed by atoms with Gasteiger partial charge in [0, 0.05) is 32.1 Å². The number of nitrogens with one attached hydrogen (secondary N) is 2. The van der Waals surface area contributed by atoms with Crippen LogP contribution in [0.4, 0.5) is 11.6 Å². The predicted molar refractivity (Wildman–Crippen MR) is 176 cm³/mol. The number of anilines is 2. The van der Waals surface area contributed by atoms with Crippen molar-refractivity contribution in [2.45, 2.75) is 51.4 Å². The number of aromatic nitrogens is 3. The quantitative estimate of drug-likeness (QED) is 0.114. The summed E-state index contributed by atoms with van der Waals surface area (Å²) in [5.41, 5.74) is 3.34. The molecule has 11 heteroatoms. The van der Waals surface area contributed by atoms with Crippen LogP contribution in [-0.2, 0) is 11.4 Å². The first-order valence-electron chi connectivity index (χ1n) is 14.2. The lowest BCUT2D eigenvalue weighted by molar-refractivity contribution is -0.113. The van der Waals surface area contributed by atoms with Crippen molar-refractivity contribution in [1.82, 2.24) is 14.8 Å². The van der Waals surface area contributed by atoms with Gasteiger partial charge in [-0.05, 0) is 56.7 Å². The van der Waals surface area contributed by atoms with E-state index >= 15 is 0 Å². The molecule has 1 unspecified atom stereocenters. The Morgan fingerprint density at radius 2 is 1.88 bits per heavy atom. The Balaban J connectivity index is 1.57. The molecule has 0 saturated carbocycles. The first-order valence-corrected chi connectivity index (χ1v) is 16.3. The fraction of sp³-hybridized carbons (Fsp3) is 0.281. The SMILES string of the molecule is CCCCSc1nc2n(n1)C(c1cc(Br)ccc1OCc1ccccc1Cl)C(C(=O)Nc1ccccc1OCC)=C(C)N2. The van der Waals surface area contributed by atoms with Crippen LogP contribution in [-0.4, -0.2) is 33.0 Å². The van der Waals surface area contributed by atoms with Crippen LogP contribution in [0.2, 0.25) is 5.02 Å². The van der Waals surface area contributed by atoms with E-state index in [0.29, 0.717) is 51.2 Å². The zero-order valence-corrected chi connectivity index (χ0v) is 27.4. The second-order valence-electron chi connectivity index (χ2n) is 9.88. The highest BCUT2D eigenvalue weighted by molar-refractivity contribution is 9.10. The van der Waals surface area contributed by atoms with Crippen LogP contribution in [0.3, 0.4) is 0 Å². The van der Waals surface area contributed by atoms with Crippen LogP contribution < -0.4 is 20.1 Å². The number of hydrogen-bond donors (Lipinski definition) is 2. The van der Waals surface area contributed by atoms with E-state index in [0.717, 1.165) is 34.2 Å². The van der Waals surface area contributed by atoms with Gasteiger partial charge in [-0.2, -0.15) is 4.98 Å². The van der Waals surface area contributed by atoms with Gasteiger partial charge in [0.15, 0.2) is 0 Å². The number of thioether (sulfide) groups is 1. The third kappa shape index (κ3) is 7.20. The number of carbonyl (C=O) groups is 1. The molecule has 2 N–H and O–H groups in total. The Morgan fingerprint density at radius 1 is 1.09 bits per heavy atom. The van der Waals surface area contributed by atoms with Crippen molar-refractivity contribution in [3.8, 4) is 11.5 Å². The van der Waals surface area contributed by atoms with Gasteiger partial charge in [0.2, 0.25) is 11.1 Å². The van der Waals surface area contributed by atoms with Gasteiger partial charge in [-0.25, -0.2) is 4.68 Å². The van der Waals surface area contributed by atoms with E-state index in [-0.39, 0.29) is 12.5 Å². The number of rotatable bonds is 12. The van der Waals surface area contributed by atoms with Crippen molar-refractivity contribution >= 4 is 56.8 Å². The molecule has 43 heavy (non-hydrogen) atoms. The summed E-state index contributed by atoms with van der Waals surface area (Å²) in [7, 11) is 0. The van der Waals surface area contributed by atoms with E-state index < -0.39 is 6.04 Å². The number of benzene rings is 3. The molecule has 0 fully saturated rings. The van der Waals surface area contributed by atoms with Gasteiger partial charge in [-0.15, -0.1) is 5.10 Å². The van der Waals surface area contributed by atoms with Crippen molar-refractivity contribution in [2.75, 3.05) is 23.0 Å². The number of carbonyl (C=O) groups excluding carboxylic acids is 1. The number of ether oxygens (including phenoxy) is 2. The van der Waals surface area contributed by atoms with Crippen LogP contribution in [0.25, 0.3) is 0 Å². The summed E-state index contributed by atoms with van der Waals surface area (Å²) in [5, 5.41) is 12.5. The van der Waals surface area contributed by atoms with Crippen molar-refractivity contribution < 1.29 is 14.3 Å². The van der Waals surface area contributed by atoms with Gasteiger partial charge in [-0.3, -0.25) is 4.79 Å². The van der Waals surface area contributed by atoms with E-state index in [1.807, 2.05) is 80.6 Å². The standard InChI is InChI=1S/C32H33BrClN5O3S/c1-4-6-17-43-32-37-31-35-20(3)28(30(40)36-25-13-9-10-14-27(25)41-5-2)29(39(31)38-32)23-18-22(33)15-16-26(23)42-19-21-11-7-8-12-24(21)34/h7-16,18,29H,4-6,17,19H2,1-3H3,(H,36,40)(H,35,37,38). The summed E-state index contributed by atoms with van der Waals surface area (Å²) in [5.74, 6) is 2.37. The van der Waals surface area contributed by atoms with Gasteiger partial charge in [-0.1, -0.05) is 83.0 Å². The molecular formula is C32H33BrClN5O3S. The fourth-order valence-electron chi connectivity index (χ4n) is 4.76. The third-order valence-electron chi connectivity index (χ3n) is 6.85. The molecule has 1 atom stereocenters. The van der Waals surface area contributed by atoms with Crippen molar-refractivity contribution in [3.63, 3.8) is 0 Å². The number of allylic oxidation sites excluding steroid dienone is 1. The Morgan fingerprint density at radius 3 is 2.67 bits per heavy atom. The van der Waals surface area contributed by atoms with Crippen LogP contribution in [0.5, 0.6) is 11.5 Å². The smallest absolute Gasteiger partial charge is 0.255 e. The second-order valence-corrected chi connectivity index (χ2v) is 12.3. The summed E-state index contributed by atoms with van der Waals surface area (Å²) in [4.78, 5) is 18.9. The van der Waals surface area contributed by atoms with Gasteiger partial charge in [0.25, 0.3) is 5.91 Å². The number of para-hydroxylation sites is 2. The molecular weight excluding hydrogens is 650 g/mol. The molecule has 0 spiro atoms. The lowest BCUT2D eigenvalue weighted by Gasteiger charge is -2.30. The monoisotopic (exact) mass is 681 g/mol. The fourth-order valence-corrected chi connectivity index (χ4v) is 6.24. The molecule has 224 valence electrons. The predicted octanol–water partition coefficient (Wildman–Crippen LogP) is 8.49. The minimum absolute atomic E-state index is 0.258. The average Bonchev–Trinajstić information content (AvgIpc) is 3.40. The topological polar surface area (TPSA) is 90.3 Å². The molecule has 2 heterocycles. The molecule has 8 nitrogen and oxygen atoms in total. The van der Waals surface area contributed by atoms with Crippen LogP contribution in [0.15, 0.2) is 87.6 Å². The van der Waals surface area contributed by atoms with Gasteiger partial charge >= 0.3 is 0 Å². The third-order valence-corrected chi connectivity index (χ3v) is 8.64. The molecule has 1 amide bonds. The lowest BCUT2D eigenvalue weighted by atomic mass is 9.94. The second kappa shape index (κ2) is 14.3. The van der Waals surface area contributed by atoms with Crippen molar-refractivity contribution in [1.29, 1.82) is 0 Å². The summed E-state index contributed by atoms with van der Waals surface area (Å²) in [6, 6.07) is 20.1. The van der Waals surface area contributed by atoms with E-state index in [2.05, 4.69) is 33.5 Å². The highest BCUT2D eigenvalue weighted by atomic mass is 79.9. The molecule has 0 radical (unpaired) electrons. The number of unbranched alkanes of at least 4 members (excludes halogenated alkanes) is 1. The lowest BCUT2D eigenvalue weighted by Crippen LogP contribution is -2.32. The summed E-state index contributed by atoms with van der Waals surface area (Å²) < 4.78 is 14.8. The number of hydrogen-bond acceptors (Lipinski definition) is 7. The van der Waals surface area contributed by atoms with E-state index in [9.17, 15) is 4.79 Å². The average molecular weight is 683 g/mol. The highest BCUT2D eigenvalue weighted by Gasteiger charge is 2.36. The minimum atomic E-state index is -0.637. The molecule has 0 saturated heterocycles. The molecule has 1 aromatic heterocycles. The zero-order valence-electron chi connectivity index (χ0n) is 24.2.